The molecule has 0 N–H and O–H groups in total. The quantitative estimate of drug-likeness (QED) is 0.250. The van der Waals surface area contributed by atoms with Crippen LogP contribution in [0.1, 0.15) is 16.9 Å². The van der Waals surface area contributed by atoms with Gasteiger partial charge in [0.1, 0.15) is 5.76 Å². The van der Waals surface area contributed by atoms with Crippen molar-refractivity contribution in [3.63, 3.8) is 0 Å². The van der Waals surface area contributed by atoms with Crippen molar-refractivity contribution < 1.29 is 18.7 Å². The minimum atomic E-state index is -0.154. The molecule has 1 saturated heterocycles. The van der Waals surface area contributed by atoms with Crippen molar-refractivity contribution >= 4 is 35.1 Å². The monoisotopic (exact) mass is 473 g/mol. The first-order valence-electron chi connectivity index (χ1n) is 10.5. The Morgan fingerprint density at radius 1 is 1.00 bits per heavy atom. The number of ether oxygens (including phenoxy) is 2. The molecule has 0 atom stereocenters. The third kappa shape index (κ3) is 5.65. The van der Waals surface area contributed by atoms with Crippen LogP contribution >= 0.6 is 11.8 Å². The standard InChI is InChI=1S/C26H23N3O4S/c1-31-22-14-13-20(16-23(22)32-2)17-27-28-26-29(18-21-11-7-15-33-21)25(30)24(34-26)12-6-10-19-8-4-3-5-9-19/h3-17H,18H2,1-2H3/b10-6+,24-12-,27-17+,28-26-. The maximum atomic E-state index is 13.1. The molecule has 8 heteroatoms. The number of thioether (sulfide) groups is 1. The van der Waals surface area contributed by atoms with Crippen molar-refractivity contribution in [3.05, 3.63) is 101 Å². The third-order valence-electron chi connectivity index (χ3n) is 4.88. The number of carbonyl (C=O) groups is 1. The summed E-state index contributed by atoms with van der Waals surface area (Å²) >= 11 is 1.27. The minimum absolute atomic E-state index is 0.154. The lowest BCUT2D eigenvalue weighted by molar-refractivity contribution is -0.122. The largest absolute Gasteiger partial charge is 0.493 e. The number of hydrogen-bond acceptors (Lipinski definition) is 7. The van der Waals surface area contributed by atoms with Gasteiger partial charge in [-0.2, -0.15) is 5.10 Å². The summed E-state index contributed by atoms with van der Waals surface area (Å²) in [5, 5.41) is 9.00. The molecule has 0 radical (unpaired) electrons. The normalized spacial score (nSPS) is 16.4. The number of carbonyl (C=O) groups excluding carboxylic acids is 1. The number of rotatable bonds is 8. The van der Waals surface area contributed by atoms with Gasteiger partial charge in [0.15, 0.2) is 16.7 Å². The van der Waals surface area contributed by atoms with Crippen molar-refractivity contribution in [1.82, 2.24) is 4.90 Å². The molecular formula is C26H23N3O4S. The number of allylic oxidation sites excluding steroid dienone is 2. The van der Waals surface area contributed by atoms with Gasteiger partial charge in [-0.3, -0.25) is 9.69 Å². The van der Waals surface area contributed by atoms with Crippen molar-refractivity contribution in [2.45, 2.75) is 6.54 Å². The van der Waals surface area contributed by atoms with E-state index in [1.165, 1.54) is 11.8 Å². The molecule has 2 heterocycles. The van der Waals surface area contributed by atoms with Gasteiger partial charge >= 0.3 is 0 Å². The molecule has 0 saturated carbocycles. The summed E-state index contributed by atoms with van der Waals surface area (Å²) in [5.74, 6) is 1.73. The van der Waals surface area contributed by atoms with E-state index < -0.39 is 0 Å². The molecular weight excluding hydrogens is 450 g/mol. The molecule has 1 aromatic heterocycles. The molecule has 1 amide bonds. The highest BCUT2D eigenvalue weighted by Crippen LogP contribution is 2.32. The molecule has 2 aromatic carbocycles. The van der Waals surface area contributed by atoms with E-state index in [0.29, 0.717) is 27.3 Å². The van der Waals surface area contributed by atoms with Gasteiger partial charge in [0.2, 0.25) is 0 Å². The van der Waals surface area contributed by atoms with Crippen molar-refractivity contribution in [1.29, 1.82) is 0 Å². The predicted molar refractivity (Wildman–Crippen MR) is 135 cm³/mol. The molecule has 0 bridgehead atoms. The van der Waals surface area contributed by atoms with Crippen molar-refractivity contribution in [3.8, 4) is 11.5 Å². The van der Waals surface area contributed by atoms with Crippen LogP contribution in [-0.4, -0.2) is 36.4 Å². The molecule has 7 nitrogen and oxygen atoms in total. The lowest BCUT2D eigenvalue weighted by atomic mass is 10.2. The maximum absolute atomic E-state index is 13.1. The van der Waals surface area contributed by atoms with E-state index in [1.54, 1.807) is 55.9 Å². The van der Waals surface area contributed by atoms with Gasteiger partial charge < -0.3 is 13.9 Å². The molecule has 3 aromatic rings. The molecule has 34 heavy (non-hydrogen) atoms. The van der Waals surface area contributed by atoms with Crippen LogP contribution < -0.4 is 9.47 Å². The number of benzene rings is 2. The average molecular weight is 474 g/mol. The van der Waals surface area contributed by atoms with E-state index in [2.05, 4.69) is 10.2 Å². The van der Waals surface area contributed by atoms with Crippen LogP contribution in [0.3, 0.4) is 0 Å². The van der Waals surface area contributed by atoms with Crippen LogP contribution in [-0.2, 0) is 11.3 Å². The zero-order valence-corrected chi connectivity index (χ0v) is 19.6. The van der Waals surface area contributed by atoms with Crippen LogP contribution in [0.25, 0.3) is 6.08 Å². The number of hydrogen-bond donors (Lipinski definition) is 0. The first-order valence-corrected chi connectivity index (χ1v) is 11.3. The fourth-order valence-electron chi connectivity index (χ4n) is 3.18. The van der Waals surface area contributed by atoms with Gasteiger partial charge in [0.05, 0.1) is 38.1 Å². The van der Waals surface area contributed by atoms with Gasteiger partial charge in [-0.1, -0.05) is 42.5 Å². The SMILES string of the molecule is COc1ccc(/C=N/N=C2\S/C(=C\C=C\c3ccccc3)C(=O)N2Cc2ccco2)cc1OC. The average Bonchev–Trinajstić information content (AvgIpc) is 3.49. The van der Waals surface area contributed by atoms with Crippen LogP contribution in [0.4, 0.5) is 0 Å². The second kappa shape index (κ2) is 11.2. The summed E-state index contributed by atoms with van der Waals surface area (Å²) in [7, 11) is 3.16. The lowest BCUT2D eigenvalue weighted by Gasteiger charge is -2.12. The highest BCUT2D eigenvalue weighted by Gasteiger charge is 2.33. The van der Waals surface area contributed by atoms with Crippen LogP contribution in [0.15, 0.2) is 98.6 Å². The van der Waals surface area contributed by atoms with Crippen LogP contribution in [0.5, 0.6) is 11.5 Å². The lowest BCUT2D eigenvalue weighted by Crippen LogP contribution is -2.28. The van der Waals surface area contributed by atoms with E-state index in [9.17, 15) is 4.79 Å². The highest BCUT2D eigenvalue weighted by molar-refractivity contribution is 8.18. The number of amidine groups is 1. The van der Waals surface area contributed by atoms with E-state index in [-0.39, 0.29) is 12.5 Å². The molecule has 0 spiro atoms. The highest BCUT2D eigenvalue weighted by atomic mass is 32.2. The summed E-state index contributed by atoms with van der Waals surface area (Å²) < 4.78 is 16.0. The zero-order chi connectivity index (χ0) is 23.8. The summed E-state index contributed by atoms with van der Waals surface area (Å²) in [6.45, 7) is 0.267. The second-order valence-corrected chi connectivity index (χ2v) is 8.12. The first-order chi connectivity index (χ1) is 16.7. The van der Waals surface area contributed by atoms with Gasteiger partial charge in [0, 0.05) is 0 Å². The van der Waals surface area contributed by atoms with Crippen LogP contribution in [0.2, 0.25) is 0 Å². The molecule has 1 aliphatic rings. The van der Waals surface area contributed by atoms with Gasteiger partial charge in [-0.15, -0.1) is 5.10 Å². The topological polar surface area (TPSA) is 76.6 Å². The number of methoxy groups -OCH3 is 2. The first kappa shape index (κ1) is 23.1. The Balaban J connectivity index is 1.56. The number of nitrogens with zero attached hydrogens (tertiary/aromatic N) is 3. The zero-order valence-electron chi connectivity index (χ0n) is 18.8. The van der Waals surface area contributed by atoms with Crippen molar-refractivity contribution in [2.75, 3.05) is 14.2 Å². The smallest absolute Gasteiger partial charge is 0.267 e. The predicted octanol–water partition coefficient (Wildman–Crippen LogP) is 5.36. The van der Waals surface area contributed by atoms with Crippen LogP contribution in [0, 0.1) is 0 Å². The maximum Gasteiger partial charge on any atom is 0.267 e. The fourth-order valence-corrected chi connectivity index (χ4v) is 4.07. The minimum Gasteiger partial charge on any atom is -0.493 e. The van der Waals surface area contributed by atoms with Gasteiger partial charge in [-0.25, -0.2) is 0 Å². The number of furan rings is 1. The molecule has 1 fully saturated rings. The summed E-state index contributed by atoms with van der Waals surface area (Å²) in [4.78, 5) is 15.2. The third-order valence-corrected chi connectivity index (χ3v) is 5.89. The molecule has 0 aliphatic carbocycles. The molecule has 4 rings (SSSR count). The van der Waals surface area contributed by atoms with E-state index in [4.69, 9.17) is 13.9 Å². The summed E-state index contributed by atoms with van der Waals surface area (Å²) in [6.07, 6.45) is 8.77. The summed E-state index contributed by atoms with van der Waals surface area (Å²) in [5.41, 5.74) is 1.84. The Kier molecular flexibility index (Phi) is 7.62. The second-order valence-electron chi connectivity index (χ2n) is 7.12. The molecule has 172 valence electrons. The van der Waals surface area contributed by atoms with E-state index >= 15 is 0 Å². The van der Waals surface area contributed by atoms with Gasteiger partial charge in [-0.05, 0) is 59.3 Å². The number of amides is 1. The Morgan fingerprint density at radius 3 is 2.56 bits per heavy atom. The van der Waals surface area contributed by atoms with Crippen molar-refractivity contribution in [2.24, 2.45) is 10.2 Å². The van der Waals surface area contributed by atoms with E-state index in [0.717, 1.165) is 11.1 Å². The molecule has 1 aliphatic heterocycles. The Bertz CT molecular complexity index is 1250. The Labute approximate surface area is 202 Å². The fraction of sp³-hybridized carbons (Fsp3) is 0.115. The van der Waals surface area contributed by atoms with Gasteiger partial charge in [0.25, 0.3) is 5.91 Å². The van der Waals surface area contributed by atoms with E-state index in [1.807, 2.05) is 54.6 Å². The summed E-state index contributed by atoms with van der Waals surface area (Å²) in [6, 6.07) is 18.9. The Morgan fingerprint density at radius 2 is 1.82 bits per heavy atom. The Hall–Kier alpha value is -4.04. The molecule has 0 unspecified atom stereocenters.